The van der Waals surface area contributed by atoms with Gasteiger partial charge in [0.05, 0.1) is 7.11 Å². The van der Waals surface area contributed by atoms with Crippen molar-refractivity contribution in [3.63, 3.8) is 0 Å². The molecule has 0 amide bonds. The average Bonchev–Trinajstić information content (AvgIpc) is 2.04. The van der Waals surface area contributed by atoms with Crippen molar-refractivity contribution in [2.24, 2.45) is 0 Å². The van der Waals surface area contributed by atoms with Crippen LogP contribution in [0.4, 0.5) is 8.78 Å². The van der Waals surface area contributed by atoms with E-state index in [1.165, 1.54) is 19.2 Å². The summed E-state index contributed by atoms with van der Waals surface area (Å²) >= 11 is 0. The van der Waals surface area contributed by atoms with Crippen molar-refractivity contribution in [3.8, 4) is 5.75 Å². The number of allylic oxidation sites excluding steroid dienone is 1. The third-order valence-corrected chi connectivity index (χ3v) is 1.64. The van der Waals surface area contributed by atoms with Gasteiger partial charge in [-0.2, -0.15) is 0 Å². The Bertz CT molecular complexity index is 298. The molecule has 0 aromatic heterocycles. The largest absolute Gasteiger partial charge is 0.491 e. The maximum absolute atomic E-state index is 13.0. The van der Waals surface area contributed by atoms with Crippen LogP contribution in [-0.2, 0) is 6.42 Å². The van der Waals surface area contributed by atoms with Crippen molar-refractivity contribution < 1.29 is 13.5 Å². The van der Waals surface area contributed by atoms with Crippen LogP contribution in [0.25, 0.3) is 0 Å². The number of hydrogen-bond acceptors (Lipinski definition) is 1. The van der Waals surface area contributed by atoms with Crippen molar-refractivity contribution in [1.82, 2.24) is 0 Å². The van der Waals surface area contributed by atoms with Crippen LogP contribution in [0.2, 0.25) is 0 Å². The van der Waals surface area contributed by atoms with E-state index in [0.717, 1.165) is 0 Å². The molecule has 0 unspecified atom stereocenters. The minimum atomic E-state index is -0.681. The first-order valence-electron chi connectivity index (χ1n) is 3.82. The molecule has 1 aromatic carbocycles. The zero-order valence-electron chi connectivity index (χ0n) is 7.31. The summed E-state index contributed by atoms with van der Waals surface area (Å²) in [5.74, 6) is -1.70. The number of benzene rings is 1. The molecule has 0 radical (unpaired) electrons. The van der Waals surface area contributed by atoms with Crippen LogP contribution in [0.5, 0.6) is 5.75 Å². The average molecular weight is 184 g/mol. The molecular weight excluding hydrogens is 174 g/mol. The number of halogens is 2. The Morgan fingerprint density at radius 2 is 1.92 bits per heavy atom. The summed E-state index contributed by atoms with van der Waals surface area (Å²) in [6.07, 6.45) is 2.03. The van der Waals surface area contributed by atoms with E-state index in [9.17, 15) is 8.78 Å². The van der Waals surface area contributed by atoms with Crippen molar-refractivity contribution in [3.05, 3.63) is 42.0 Å². The highest BCUT2D eigenvalue weighted by Crippen LogP contribution is 2.22. The van der Waals surface area contributed by atoms with Crippen LogP contribution in [0, 0.1) is 11.6 Å². The van der Waals surface area contributed by atoms with Crippen molar-refractivity contribution in [1.29, 1.82) is 0 Å². The van der Waals surface area contributed by atoms with Gasteiger partial charge in [0.1, 0.15) is 0 Å². The normalized spacial score (nSPS) is 9.77. The molecule has 0 heterocycles. The highest BCUT2D eigenvalue weighted by atomic mass is 19.1. The molecule has 0 saturated heterocycles. The van der Waals surface area contributed by atoms with E-state index in [1.807, 2.05) is 0 Å². The highest BCUT2D eigenvalue weighted by Gasteiger charge is 2.10. The second-order valence-electron chi connectivity index (χ2n) is 2.59. The Hall–Kier alpha value is -1.38. The van der Waals surface area contributed by atoms with Crippen LogP contribution < -0.4 is 4.74 Å². The van der Waals surface area contributed by atoms with E-state index in [4.69, 9.17) is 0 Å². The van der Waals surface area contributed by atoms with E-state index in [-0.39, 0.29) is 5.75 Å². The fourth-order valence-corrected chi connectivity index (χ4v) is 1.09. The Balaban J connectivity index is 3.12. The molecule has 3 heteroatoms. The number of rotatable bonds is 3. The maximum atomic E-state index is 13.0. The van der Waals surface area contributed by atoms with E-state index >= 15 is 0 Å². The van der Waals surface area contributed by atoms with Gasteiger partial charge in [-0.3, -0.25) is 0 Å². The van der Waals surface area contributed by atoms with Crippen LogP contribution >= 0.6 is 0 Å². The minimum absolute atomic E-state index is 0.340. The summed E-state index contributed by atoms with van der Waals surface area (Å²) in [5, 5.41) is 0. The summed E-state index contributed by atoms with van der Waals surface area (Å²) in [6, 6.07) is 2.48. The fraction of sp³-hybridized carbons (Fsp3) is 0.200. The second kappa shape index (κ2) is 4.03. The zero-order chi connectivity index (χ0) is 9.84. The van der Waals surface area contributed by atoms with Gasteiger partial charge in [0.2, 0.25) is 0 Å². The predicted molar refractivity (Wildman–Crippen MR) is 46.8 cm³/mol. The van der Waals surface area contributed by atoms with Gasteiger partial charge in [-0.05, 0) is 24.1 Å². The van der Waals surface area contributed by atoms with Crippen LogP contribution in [0.15, 0.2) is 24.8 Å². The molecule has 0 spiro atoms. The Morgan fingerprint density at radius 1 is 1.38 bits per heavy atom. The molecule has 0 aliphatic rings. The molecule has 0 aliphatic heterocycles. The predicted octanol–water partition coefficient (Wildman–Crippen LogP) is 2.70. The van der Waals surface area contributed by atoms with Gasteiger partial charge >= 0.3 is 0 Å². The Labute approximate surface area is 75.6 Å². The number of methoxy groups -OCH3 is 1. The molecule has 0 fully saturated rings. The van der Waals surface area contributed by atoms with E-state index in [1.54, 1.807) is 6.08 Å². The lowest BCUT2D eigenvalue weighted by molar-refractivity contribution is 0.359. The molecule has 0 atom stereocenters. The molecule has 1 rings (SSSR count). The summed E-state index contributed by atoms with van der Waals surface area (Å²) in [5.41, 5.74) is 0.547. The minimum Gasteiger partial charge on any atom is -0.491 e. The van der Waals surface area contributed by atoms with Crippen LogP contribution in [-0.4, -0.2) is 7.11 Å². The first kappa shape index (κ1) is 9.71. The number of hydrogen-bond donors (Lipinski definition) is 0. The van der Waals surface area contributed by atoms with Gasteiger partial charge < -0.3 is 4.74 Å². The Morgan fingerprint density at radius 3 is 2.31 bits per heavy atom. The molecule has 0 N–H and O–H groups in total. The zero-order valence-corrected chi connectivity index (χ0v) is 7.31. The fourth-order valence-electron chi connectivity index (χ4n) is 1.09. The molecular formula is C10H10F2O. The summed E-state index contributed by atoms with van der Waals surface area (Å²) in [7, 11) is 1.23. The van der Waals surface area contributed by atoms with Gasteiger partial charge in [-0.15, -0.1) is 6.58 Å². The summed E-state index contributed by atoms with van der Waals surface area (Å²) in [6.45, 7) is 3.48. The molecule has 13 heavy (non-hydrogen) atoms. The smallest absolute Gasteiger partial charge is 0.190 e. The molecule has 0 aliphatic carbocycles. The summed E-state index contributed by atoms with van der Waals surface area (Å²) < 4.78 is 30.6. The van der Waals surface area contributed by atoms with Gasteiger partial charge in [0, 0.05) is 0 Å². The number of ether oxygens (including phenoxy) is 1. The van der Waals surface area contributed by atoms with E-state index in [2.05, 4.69) is 11.3 Å². The lowest BCUT2D eigenvalue weighted by Gasteiger charge is -2.04. The van der Waals surface area contributed by atoms with Gasteiger partial charge in [-0.1, -0.05) is 6.08 Å². The molecule has 0 bridgehead atoms. The lowest BCUT2D eigenvalue weighted by atomic mass is 10.1. The first-order chi connectivity index (χ1) is 6.19. The van der Waals surface area contributed by atoms with Crippen LogP contribution in [0.1, 0.15) is 5.56 Å². The lowest BCUT2D eigenvalue weighted by Crippen LogP contribution is -1.95. The maximum Gasteiger partial charge on any atom is 0.190 e. The van der Waals surface area contributed by atoms with E-state index < -0.39 is 11.6 Å². The van der Waals surface area contributed by atoms with E-state index in [0.29, 0.717) is 12.0 Å². The standard InChI is InChI=1S/C10H10F2O/c1-3-4-7-5-8(11)10(13-2)9(12)6-7/h3,5-6H,1,4H2,2H3. The quantitative estimate of drug-likeness (QED) is 0.656. The monoisotopic (exact) mass is 184 g/mol. The topological polar surface area (TPSA) is 9.23 Å². The van der Waals surface area contributed by atoms with Gasteiger partial charge in [0.15, 0.2) is 17.4 Å². The van der Waals surface area contributed by atoms with Gasteiger partial charge in [0.25, 0.3) is 0 Å². The third-order valence-electron chi connectivity index (χ3n) is 1.64. The third kappa shape index (κ3) is 2.05. The SMILES string of the molecule is C=CCc1cc(F)c(OC)c(F)c1. The molecule has 1 aromatic rings. The summed E-state index contributed by atoms with van der Waals surface area (Å²) in [4.78, 5) is 0. The Kier molecular flexibility index (Phi) is 3.01. The van der Waals surface area contributed by atoms with Crippen LogP contribution in [0.3, 0.4) is 0 Å². The highest BCUT2D eigenvalue weighted by molar-refractivity contribution is 5.32. The first-order valence-corrected chi connectivity index (χ1v) is 3.82. The molecule has 70 valence electrons. The van der Waals surface area contributed by atoms with Crippen molar-refractivity contribution in [2.45, 2.75) is 6.42 Å². The van der Waals surface area contributed by atoms with Gasteiger partial charge in [-0.25, -0.2) is 8.78 Å². The molecule has 0 saturated carbocycles. The van der Waals surface area contributed by atoms with Crippen molar-refractivity contribution in [2.75, 3.05) is 7.11 Å². The second-order valence-corrected chi connectivity index (χ2v) is 2.59. The molecule has 1 nitrogen and oxygen atoms in total. The van der Waals surface area contributed by atoms with Crippen molar-refractivity contribution >= 4 is 0 Å².